The number of hydrogen-bond acceptors (Lipinski definition) is 7. The van der Waals surface area contributed by atoms with Crippen molar-refractivity contribution in [2.75, 3.05) is 26.3 Å². The number of carbonyl (C=O) groups is 4. The number of morpholine rings is 1. The van der Waals surface area contributed by atoms with Gasteiger partial charge >= 0.3 is 0 Å². The highest BCUT2D eigenvalue weighted by molar-refractivity contribution is 7.71. The second-order valence-corrected chi connectivity index (χ2v) is 10.1. The summed E-state index contributed by atoms with van der Waals surface area (Å²) in [6.07, 6.45) is -0.455. The third-order valence-electron chi connectivity index (χ3n) is 6.52. The van der Waals surface area contributed by atoms with Gasteiger partial charge in [-0.15, -0.1) is 0 Å². The first-order chi connectivity index (χ1) is 18.7. The molecule has 0 bridgehead atoms. The normalized spacial score (nSPS) is 15.4. The van der Waals surface area contributed by atoms with Gasteiger partial charge in [0.15, 0.2) is 0 Å². The van der Waals surface area contributed by atoms with Crippen molar-refractivity contribution < 1.29 is 32.3 Å². The molecule has 1 heterocycles. The number of amides is 3. The van der Waals surface area contributed by atoms with Crippen molar-refractivity contribution in [3.8, 4) is 0 Å². The van der Waals surface area contributed by atoms with Crippen molar-refractivity contribution in [2.24, 2.45) is 5.41 Å². The highest BCUT2D eigenvalue weighted by atomic mass is 32.2. The Morgan fingerprint density at radius 2 is 1.56 bits per heavy atom. The summed E-state index contributed by atoms with van der Waals surface area (Å²) in [4.78, 5) is 54.1. The minimum atomic E-state index is -2.81. The van der Waals surface area contributed by atoms with Crippen molar-refractivity contribution in [3.05, 3.63) is 71.8 Å². The number of Topliss-reactive ketones (excluding diaryl/α,β-unsaturated/α-hetero) is 1. The average Bonchev–Trinajstić information content (AvgIpc) is 2.95. The van der Waals surface area contributed by atoms with E-state index in [1.54, 1.807) is 61.5 Å². The average molecular weight is 556 g/mol. The minimum Gasteiger partial charge on any atom is -0.378 e. The van der Waals surface area contributed by atoms with Gasteiger partial charge in [0.05, 0.1) is 30.0 Å². The molecule has 0 aromatic heterocycles. The second kappa shape index (κ2) is 14.4. The molecule has 2 N–H and O–H groups in total. The van der Waals surface area contributed by atoms with Crippen LogP contribution in [0, 0.1) is 5.41 Å². The molecule has 0 spiro atoms. The summed E-state index contributed by atoms with van der Waals surface area (Å²) in [5.74, 6) is -2.97. The van der Waals surface area contributed by atoms with E-state index in [2.05, 4.69) is 10.6 Å². The van der Waals surface area contributed by atoms with E-state index in [0.717, 1.165) is 10.9 Å². The Morgan fingerprint density at radius 3 is 2.13 bits per heavy atom. The number of nitrogens with one attached hydrogen (secondary N) is 2. The number of benzene rings is 2. The lowest BCUT2D eigenvalue weighted by Crippen LogP contribution is -2.54. The summed E-state index contributed by atoms with van der Waals surface area (Å²) >= 11 is 0. The Kier molecular flexibility index (Phi) is 10.9. The van der Waals surface area contributed by atoms with Crippen LogP contribution in [0.15, 0.2) is 60.7 Å². The molecule has 2 aromatic carbocycles. The second-order valence-electron chi connectivity index (χ2n) is 9.33. The fourth-order valence-electron chi connectivity index (χ4n) is 4.38. The van der Waals surface area contributed by atoms with Gasteiger partial charge in [0.25, 0.3) is 5.91 Å². The summed E-state index contributed by atoms with van der Waals surface area (Å²) in [5, 5.41) is 5.94. The molecule has 2 atom stereocenters. The van der Waals surface area contributed by atoms with E-state index in [9.17, 15) is 27.6 Å². The maximum atomic E-state index is 13.8. The Hall–Kier alpha value is -3.83. The molecule has 3 rings (SSSR count). The molecule has 2 unspecified atom stereocenters. The van der Waals surface area contributed by atoms with Gasteiger partial charge in [0.1, 0.15) is 0 Å². The number of nitrogens with zero attached hydrogens (tertiary/aromatic N) is 1. The molecule has 3 amide bonds. The van der Waals surface area contributed by atoms with Crippen LogP contribution >= 0.6 is 0 Å². The standard InChI is InChI=1S/C28H33N3O7S/c1-2-23(25(33)26(34)29-19-22-11-7-4-8-12-22)30-27(35)28(20-39(36)37,17-21-9-5-3-6-10-21)18-24(32)31-13-15-38-16-14-31/h3-12,20,23H,2,13-19H2,1H3,(H,29,34)(H,30,35). The molecule has 0 radical (unpaired) electrons. The van der Waals surface area contributed by atoms with Crippen molar-refractivity contribution in [1.82, 2.24) is 15.5 Å². The molecule has 11 heteroatoms. The zero-order valence-electron chi connectivity index (χ0n) is 21.8. The van der Waals surface area contributed by atoms with E-state index in [4.69, 9.17) is 4.74 Å². The Labute approximate surface area is 229 Å². The molecule has 1 fully saturated rings. The molecule has 1 saturated heterocycles. The van der Waals surface area contributed by atoms with Crippen LogP contribution in [-0.4, -0.2) is 74.5 Å². The maximum Gasteiger partial charge on any atom is 0.289 e. The van der Waals surface area contributed by atoms with Gasteiger partial charge in [-0.05, 0) is 24.0 Å². The molecule has 10 nitrogen and oxygen atoms in total. The Balaban J connectivity index is 1.85. The van der Waals surface area contributed by atoms with E-state index in [-0.39, 0.29) is 19.4 Å². The van der Waals surface area contributed by atoms with Crippen LogP contribution in [0.25, 0.3) is 0 Å². The predicted molar refractivity (Wildman–Crippen MR) is 145 cm³/mol. The molecule has 2 aromatic rings. The highest BCUT2D eigenvalue weighted by Crippen LogP contribution is 2.28. The summed E-state index contributed by atoms with van der Waals surface area (Å²) in [6.45, 7) is 3.07. The molecule has 0 aliphatic carbocycles. The quantitative estimate of drug-likeness (QED) is 0.293. The molecule has 39 heavy (non-hydrogen) atoms. The van der Waals surface area contributed by atoms with Gasteiger partial charge in [-0.25, -0.2) is 0 Å². The van der Waals surface area contributed by atoms with Crippen molar-refractivity contribution in [2.45, 2.75) is 38.8 Å². The smallest absolute Gasteiger partial charge is 0.289 e. The lowest BCUT2D eigenvalue weighted by atomic mass is 9.78. The van der Waals surface area contributed by atoms with E-state index in [1.165, 1.54) is 4.90 Å². The molecule has 1 aliphatic rings. The van der Waals surface area contributed by atoms with Crippen LogP contribution in [0.5, 0.6) is 0 Å². The first-order valence-corrected chi connectivity index (χ1v) is 13.9. The van der Waals surface area contributed by atoms with E-state index in [1.807, 2.05) is 6.07 Å². The number of carbonyl (C=O) groups excluding carboxylic acids is 4. The van der Waals surface area contributed by atoms with Gasteiger partial charge in [-0.1, -0.05) is 67.6 Å². The van der Waals surface area contributed by atoms with Crippen LogP contribution in [0.3, 0.4) is 0 Å². The third-order valence-corrected chi connectivity index (χ3v) is 7.16. The topological polar surface area (TPSA) is 139 Å². The van der Waals surface area contributed by atoms with Crippen LogP contribution in [0.2, 0.25) is 0 Å². The van der Waals surface area contributed by atoms with Gasteiger partial charge in [-0.3, -0.25) is 19.2 Å². The highest BCUT2D eigenvalue weighted by Gasteiger charge is 2.43. The van der Waals surface area contributed by atoms with E-state index in [0.29, 0.717) is 31.9 Å². The van der Waals surface area contributed by atoms with Gasteiger partial charge < -0.3 is 20.3 Å². The number of ether oxygens (including phenoxy) is 1. The van der Waals surface area contributed by atoms with Gasteiger partial charge in [0.2, 0.25) is 27.9 Å². The summed E-state index contributed by atoms with van der Waals surface area (Å²) < 4.78 is 29.2. The zero-order valence-corrected chi connectivity index (χ0v) is 22.6. The summed E-state index contributed by atoms with van der Waals surface area (Å²) in [5.41, 5.74) is -0.395. The maximum absolute atomic E-state index is 13.8. The fraction of sp³-hybridized carbons (Fsp3) is 0.393. The monoisotopic (exact) mass is 555 g/mol. The molecule has 0 saturated carbocycles. The number of hydrogen-bond donors (Lipinski definition) is 2. The lowest BCUT2D eigenvalue weighted by Gasteiger charge is -2.33. The summed E-state index contributed by atoms with van der Waals surface area (Å²) in [7, 11) is -2.81. The van der Waals surface area contributed by atoms with Crippen molar-refractivity contribution in [1.29, 1.82) is 0 Å². The fourth-order valence-corrected chi connectivity index (χ4v) is 5.02. The third kappa shape index (κ3) is 8.59. The molecule has 208 valence electrons. The van der Waals surface area contributed by atoms with Crippen molar-refractivity contribution in [3.63, 3.8) is 0 Å². The predicted octanol–water partition coefficient (Wildman–Crippen LogP) is 0.926. The van der Waals surface area contributed by atoms with Crippen LogP contribution < -0.4 is 10.6 Å². The number of ketones is 1. The van der Waals surface area contributed by atoms with E-state index >= 15 is 0 Å². The zero-order chi connectivity index (χ0) is 28.3. The minimum absolute atomic E-state index is 0.0859. The first kappa shape index (κ1) is 29.7. The lowest BCUT2D eigenvalue weighted by molar-refractivity contribution is -0.143. The molecular formula is C28H33N3O7S. The Morgan fingerprint density at radius 1 is 0.974 bits per heavy atom. The first-order valence-electron chi connectivity index (χ1n) is 12.7. The SMILES string of the molecule is CCC(NC(=O)C(C=S(=O)=O)(CC(=O)N1CCOCC1)Cc1ccccc1)C(=O)C(=O)NCc1ccccc1. The van der Waals surface area contributed by atoms with Crippen LogP contribution in [-0.2, 0) is 47.2 Å². The van der Waals surface area contributed by atoms with Crippen LogP contribution in [0.1, 0.15) is 30.9 Å². The van der Waals surface area contributed by atoms with Crippen molar-refractivity contribution >= 4 is 39.2 Å². The van der Waals surface area contributed by atoms with Crippen LogP contribution in [0.4, 0.5) is 0 Å². The Bertz CT molecular complexity index is 1280. The molecular weight excluding hydrogens is 522 g/mol. The molecule has 1 aliphatic heterocycles. The number of rotatable bonds is 12. The van der Waals surface area contributed by atoms with Gasteiger partial charge in [0, 0.05) is 26.1 Å². The summed E-state index contributed by atoms with van der Waals surface area (Å²) in [6, 6.07) is 16.5. The van der Waals surface area contributed by atoms with E-state index < -0.39 is 51.7 Å². The largest absolute Gasteiger partial charge is 0.378 e. The van der Waals surface area contributed by atoms with Gasteiger partial charge in [-0.2, -0.15) is 8.42 Å².